The van der Waals surface area contributed by atoms with E-state index in [2.05, 4.69) is 47.9 Å². The summed E-state index contributed by atoms with van der Waals surface area (Å²) in [5.74, 6) is 0.792. The fraction of sp³-hybridized carbons (Fsp3) is 0.500. The zero-order valence-electron chi connectivity index (χ0n) is 17.9. The molecule has 0 unspecified atom stereocenters. The maximum absolute atomic E-state index is 10.3. The highest BCUT2D eigenvalue weighted by atomic mass is 16.5. The van der Waals surface area contributed by atoms with E-state index in [1.165, 1.54) is 11.1 Å². The number of benzene rings is 2. The topological polar surface area (TPSA) is 45.2 Å². The standard InChI is InChI=1S/C24H34N2O3/c1-24(2)19-26(13-14-29-24)16-21-9-11-23(12-10-21)28-18-22(27)17-25(3)15-20-7-5-4-6-8-20/h4-12,22,27H,13-19H2,1-3H3/t22-/m0/s1. The lowest BCUT2D eigenvalue weighted by Crippen LogP contribution is -2.47. The summed E-state index contributed by atoms with van der Waals surface area (Å²) in [4.78, 5) is 4.53. The third-order valence-corrected chi connectivity index (χ3v) is 5.09. The van der Waals surface area contributed by atoms with Crippen LogP contribution in [0.5, 0.6) is 5.75 Å². The normalized spacial score (nSPS) is 18.0. The van der Waals surface area contributed by atoms with Crippen molar-refractivity contribution >= 4 is 0 Å². The van der Waals surface area contributed by atoms with Gasteiger partial charge in [0.1, 0.15) is 18.5 Å². The fourth-order valence-corrected chi connectivity index (χ4v) is 3.76. The molecule has 5 heteroatoms. The fourth-order valence-electron chi connectivity index (χ4n) is 3.76. The molecular weight excluding hydrogens is 364 g/mol. The molecule has 0 aliphatic carbocycles. The van der Waals surface area contributed by atoms with Crippen molar-refractivity contribution in [3.63, 3.8) is 0 Å². The van der Waals surface area contributed by atoms with Gasteiger partial charge in [-0.1, -0.05) is 42.5 Å². The average molecular weight is 399 g/mol. The summed E-state index contributed by atoms with van der Waals surface area (Å²) in [6.07, 6.45) is -0.529. The van der Waals surface area contributed by atoms with Gasteiger partial charge in [-0.25, -0.2) is 0 Å². The predicted octanol–water partition coefficient (Wildman–Crippen LogP) is 3.17. The van der Waals surface area contributed by atoms with Gasteiger partial charge in [-0.3, -0.25) is 9.80 Å². The second-order valence-corrected chi connectivity index (χ2v) is 8.61. The number of aliphatic hydroxyl groups excluding tert-OH is 1. The van der Waals surface area contributed by atoms with Crippen molar-refractivity contribution in [3.05, 3.63) is 65.7 Å². The van der Waals surface area contributed by atoms with Gasteiger partial charge in [0, 0.05) is 32.7 Å². The Morgan fingerprint density at radius 1 is 1.10 bits per heavy atom. The van der Waals surface area contributed by atoms with E-state index >= 15 is 0 Å². The van der Waals surface area contributed by atoms with Crippen LogP contribution in [0, 0.1) is 0 Å². The van der Waals surface area contributed by atoms with Crippen LogP contribution in [0.3, 0.4) is 0 Å². The first-order chi connectivity index (χ1) is 13.9. The molecule has 2 aromatic rings. The molecule has 2 aromatic carbocycles. The molecule has 0 radical (unpaired) electrons. The van der Waals surface area contributed by atoms with Crippen LogP contribution in [0.15, 0.2) is 54.6 Å². The van der Waals surface area contributed by atoms with Crippen LogP contribution in [0.4, 0.5) is 0 Å². The van der Waals surface area contributed by atoms with Crippen molar-refractivity contribution in [2.24, 2.45) is 0 Å². The van der Waals surface area contributed by atoms with Crippen molar-refractivity contribution in [2.75, 3.05) is 39.9 Å². The van der Waals surface area contributed by atoms with Crippen LogP contribution < -0.4 is 4.74 Å². The number of morpholine rings is 1. The summed E-state index contributed by atoms with van der Waals surface area (Å²) in [6, 6.07) is 18.5. The smallest absolute Gasteiger partial charge is 0.119 e. The molecule has 1 atom stereocenters. The molecule has 1 aliphatic rings. The first kappa shape index (κ1) is 21.8. The summed E-state index contributed by atoms with van der Waals surface area (Å²) in [5, 5.41) is 10.3. The Kier molecular flexibility index (Phi) is 7.67. The van der Waals surface area contributed by atoms with Crippen LogP contribution in [0.2, 0.25) is 0 Å². The lowest BCUT2D eigenvalue weighted by molar-refractivity contribution is -0.0882. The van der Waals surface area contributed by atoms with Crippen molar-refractivity contribution in [1.82, 2.24) is 9.80 Å². The van der Waals surface area contributed by atoms with E-state index in [-0.39, 0.29) is 12.2 Å². The van der Waals surface area contributed by atoms with Gasteiger partial charge in [0.2, 0.25) is 0 Å². The molecule has 158 valence electrons. The van der Waals surface area contributed by atoms with Crippen molar-refractivity contribution in [1.29, 1.82) is 0 Å². The molecule has 0 spiro atoms. The molecular formula is C24H34N2O3. The van der Waals surface area contributed by atoms with Crippen LogP contribution in [0.25, 0.3) is 0 Å². The maximum atomic E-state index is 10.3. The summed E-state index contributed by atoms with van der Waals surface area (Å²) in [7, 11) is 2.01. The van der Waals surface area contributed by atoms with E-state index in [4.69, 9.17) is 9.47 Å². The third kappa shape index (κ3) is 7.44. The molecule has 5 nitrogen and oxygen atoms in total. The number of rotatable bonds is 9. The van der Waals surface area contributed by atoms with E-state index in [0.717, 1.165) is 38.5 Å². The zero-order valence-corrected chi connectivity index (χ0v) is 17.9. The molecule has 1 fully saturated rings. The van der Waals surface area contributed by atoms with Gasteiger partial charge in [0.15, 0.2) is 0 Å². The van der Waals surface area contributed by atoms with Gasteiger partial charge >= 0.3 is 0 Å². The molecule has 0 saturated carbocycles. The van der Waals surface area contributed by atoms with E-state index in [1.54, 1.807) is 0 Å². The van der Waals surface area contributed by atoms with Gasteiger partial charge < -0.3 is 14.6 Å². The van der Waals surface area contributed by atoms with Gasteiger partial charge in [-0.05, 0) is 44.2 Å². The summed E-state index contributed by atoms with van der Waals surface area (Å²) >= 11 is 0. The molecule has 1 saturated heterocycles. The number of hydrogen-bond donors (Lipinski definition) is 1. The Morgan fingerprint density at radius 3 is 2.52 bits per heavy atom. The third-order valence-electron chi connectivity index (χ3n) is 5.09. The second-order valence-electron chi connectivity index (χ2n) is 8.61. The van der Waals surface area contributed by atoms with E-state index in [0.29, 0.717) is 6.54 Å². The molecule has 0 aromatic heterocycles. The Balaban J connectivity index is 1.40. The predicted molar refractivity (Wildman–Crippen MR) is 116 cm³/mol. The second kappa shape index (κ2) is 10.2. The number of hydrogen-bond acceptors (Lipinski definition) is 5. The minimum Gasteiger partial charge on any atom is -0.491 e. The van der Waals surface area contributed by atoms with Crippen LogP contribution in [-0.4, -0.2) is 66.5 Å². The largest absolute Gasteiger partial charge is 0.491 e. The minimum atomic E-state index is -0.529. The van der Waals surface area contributed by atoms with E-state index in [9.17, 15) is 5.11 Å². The van der Waals surface area contributed by atoms with E-state index < -0.39 is 6.10 Å². The molecule has 1 N–H and O–H groups in total. The van der Waals surface area contributed by atoms with Gasteiger partial charge in [-0.2, -0.15) is 0 Å². The van der Waals surface area contributed by atoms with Gasteiger partial charge in [-0.15, -0.1) is 0 Å². The Hall–Kier alpha value is -1.92. The molecule has 1 aliphatic heterocycles. The average Bonchev–Trinajstić information content (AvgIpc) is 2.67. The zero-order chi connectivity index (χ0) is 20.7. The number of aliphatic hydroxyl groups is 1. The Bertz CT molecular complexity index is 734. The van der Waals surface area contributed by atoms with Crippen LogP contribution >= 0.6 is 0 Å². The lowest BCUT2D eigenvalue weighted by atomic mass is 10.1. The highest BCUT2D eigenvalue weighted by Crippen LogP contribution is 2.20. The highest BCUT2D eigenvalue weighted by Gasteiger charge is 2.26. The monoisotopic (exact) mass is 398 g/mol. The molecule has 0 bridgehead atoms. The quantitative estimate of drug-likeness (QED) is 0.703. The SMILES string of the molecule is CN(Cc1ccccc1)C[C@H](O)COc1ccc(CN2CCOC(C)(C)C2)cc1. The molecule has 0 amide bonds. The molecule has 29 heavy (non-hydrogen) atoms. The first-order valence-electron chi connectivity index (χ1n) is 10.4. The highest BCUT2D eigenvalue weighted by molar-refractivity contribution is 5.27. The number of nitrogens with zero attached hydrogens (tertiary/aromatic N) is 2. The van der Waals surface area contributed by atoms with Crippen molar-refractivity contribution < 1.29 is 14.6 Å². The van der Waals surface area contributed by atoms with Crippen LogP contribution in [-0.2, 0) is 17.8 Å². The van der Waals surface area contributed by atoms with Crippen molar-refractivity contribution in [2.45, 2.75) is 38.6 Å². The van der Waals surface area contributed by atoms with Crippen LogP contribution in [0.1, 0.15) is 25.0 Å². The molecule has 1 heterocycles. The Labute approximate surface area is 174 Å². The molecule has 3 rings (SSSR count). The summed E-state index contributed by atoms with van der Waals surface area (Å²) in [6.45, 7) is 9.54. The Morgan fingerprint density at radius 2 is 1.83 bits per heavy atom. The minimum absolute atomic E-state index is 0.0783. The first-order valence-corrected chi connectivity index (χ1v) is 10.4. The number of likely N-dealkylation sites (N-methyl/N-ethyl adjacent to an activating group) is 1. The number of ether oxygens (including phenoxy) is 2. The van der Waals surface area contributed by atoms with Gasteiger partial charge in [0.05, 0.1) is 12.2 Å². The summed E-state index contributed by atoms with van der Waals surface area (Å²) < 4.78 is 11.6. The maximum Gasteiger partial charge on any atom is 0.119 e. The van der Waals surface area contributed by atoms with E-state index in [1.807, 2.05) is 37.4 Å². The van der Waals surface area contributed by atoms with Gasteiger partial charge in [0.25, 0.3) is 0 Å². The lowest BCUT2D eigenvalue weighted by Gasteiger charge is -2.38. The summed E-state index contributed by atoms with van der Waals surface area (Å²) in [5.41, 5.74) is 2.42. The van der Waals surface area contributed by atoms with Crippen molar-refractivity contribution in [3.8, 4) is 5.75 Å².